The maximum absolute atomic E-state index is 17.7. The number of ether oxygens (including phenoxy) is 4. The van der Waals surface area contributed by atoms with Gasteiger partial charge in [-0.3, -0.25) is 15.1 Å². The molecule has 0 unspecified atom stereocenters. The summed E-state index contributed by atoms with van der Waals surface area (Å²) in [5.41, 5.74) is -0.892. The quantitative estimate of drug-likeness (QED) is 0.198. The molecule has 2 amide bonds. The lowest BCUT2D eigenvalue weighted by atomic mass is 9.95. The molecule has 13 nitrogen and oxygen atoms in total. The smallest absolute Gasteiger partial charge is 0.412 e. The van der Waals surface area contributed by atoms with Gasteiger partial charge in [0.05, 0.1) is 24.7 Å². The number of terminal acetylenes is 1. The van der Waals surface area contributed by atoms with E-state index in [0.717, 1.165) is 0 Å². The largest absolute Gasteiger partial charge is 0.472 e. The first-order chi connectivity index (χ1) is 27.7. The van der Waals surface area contributed by atoms with E-state index in [0.29, 0.717) is 35.7 Å². The van der Waals surface area contributed by atoms with Crippen molar-refractivity contribution < 1.29 is 41.7 Å². The Morgan fingerprint density at radius 1 is 1.05 bits per heavy atom. The Hall–Kier alpha value is -5.56. The molecule has 1 N–H and O–H groups in total. The van der Waals surface area contributed by atoms with Crippen LogP contribution >= 0.6 is 0 Å². The van der Waals surface area contributed by atoms with Gasteiger partial charge in [-0.05, 0) is 91.9 Å². The van der Waals surface area contributed by atoms with E-state index >= 15 is 4.39 Å². The summed E-state index contributed by atoms with van der Waals surface area (Å²) >= 11 is 0. The van der Waals surface area contributed by atoms with Crippen LogP contribution < -0.4 is 19.7 Å². The molecule has 16 heteroatoms. The van der Waals surface area contributed by atoms with Gasteiger partial charge in [-0.1, -0.05) is 18.1 Å². The van der Waals surface area contributed by atoms with Crippen LogP contribution in [0.4, 0.5) is 34.3 Å². The highest BCUT2D eigenvalue weighted by Crippen LogP contribution is 2.47. The van der Waals surface area contributed by atoms with Gasteiger partial charge in [-0.25, -0.2) is 27.7 Å². The van der Waals surface area contributed by atoms with Gasteiger partial charge in [0, 0.05) is 41.2 Å². The molecule has 0 aliphatic carbocycles. The highest BCUT2D eigenvalue weighted by molar-refractivity contribution is 6.06. The Balaban J connectivity index is 1.30. The molecule has 0 saturated carbocycles. The van der Waals surface area contributed by atoms with Gasteiger partial charge >= 0.3 is 18.2 Å². The van der Waals surface area contributed by atoms with Crippen molar-refractivity contribution in [2.24, 2.45) is 0 Å². The molecule has 3 saturated heterocycles. The van der Waals surface area contributed by atoms with Crippen LogP contribution in [0.5, 0.6) is 11.9 Å². The van der Waals surface area contributed by atoms with Crippen LogP contribution in [0.1, 0.15) is 73.3 Å². The molecule has 5 atom stereocenters. The second-order valence-corrected chi connectivity index (χ2v) is 17.9. The molecule has 2 bridgehead atoms. The van der Waals surface area contributed by atoms with Crippen molar-refractivity contribution in [1.82, 2.24) is 24.8 Å². The maximum atomic E-state index is 17.7. The number of carbonyl (C=O) groups is 2. The predicted octanol–water partition coefficient (Wildman–Crippen LogP) is 7.77. The molecular weight excluding hydrogens is 768 g/mol. The molecule has 0 radical (unpaired) electrons. The number of aromatic nitrogens is 3. The van der Waals surface area contributed by atoms with Crippen molar-refractivity contribution in [2.45, 2.75) is 115 Å². The fourth-order valence-electron chi connectivity index (χ4n) is 8.91. The lowest BCUT2D eigenvalue weighted by molar-refractivity contribution is 0.000869. The Kier molecular flexibility index (Phi) is 9.76. The number of pyridine rings is 1. The molecule has 8 rings (SSSR count). The van der Waals surface area contributed by atoms with Crippen molar-refractivity contribution in [3.8, 4) is 35.5 Å². The second-order valence-electron chi connectivity index (χ2n) is 17.9. The van der Waals surface area contributed by atoms with Crippen LogP contribution in [-0.2, 0) is 9.47 Å². The predicted molar refractivity (Wildman–Crippen MR) is 216 cm³/mol. The zero-order valence-electron chi connectivity index (χ0n) is 34.4. The number of hydrogen-bond acceptors (Lipinski definition) is 11. The minimum absolute atomic E-state index is 0.0338. The SMILES string of the molecule is C#Cc1cccc2cc(NC(=O)OC(C)(C)C)cc(-c3nc4c5c(nc(OC[C@@H]6CC(F)(F)CN6C)nc5c3F)N3C[C@H]5CC[C@@H]([C@H]3[C@H](C)O4)N5C(=O)OC(C)(C)C)c12. The first kappa shape index (κ1) is 40.2. The summed E-state index contributed by atoms with van der Waals surface area (Å²) in [5, 5.41) is 4.02. The molecule has 0 spiro atoms. The van der Waals surface area contributed by atoms with Crippen LogP contribution in [-0.4, -0.2) is 111 Å². The molecule has 2 aromatic carbocycles. The average molecular weight is 816 g/mol. The van der Waals surface area contributed by atoms with Crippen molar-refractivity contribution in [2.75, 3.05) is 37.0 Å². The number of nitrogens with one attached hydrogen (secondary N) is 1. The molecule has 59 heavy (non-hydrogen) atoms. The van der Waals surface area contributed by atoms with Crippen molar-refractivity contribution in [3.05, 3.63) is 41.7 Å². The lowest BCUT2D eigenvalue weighted by Crippen LogP contribution is -2.65. The van der Waals surface area contributed by atoms with E-state index < -0.39 is 66.3 Å². The zero-order chi connectivity index (χ0) is 42.3. The van der Waals surface area contributed by atoms with Crippen molar-refractivity contribution in [3.63, 3.8) is 0 Å². The Morgan fingerprint density at radius 2 is 1.80 bits per heavy atom. The highest BCUT2D eigenvalue weighted by Gasteiger charge is 2.54. The van der Waals surface area contributed by atoms with Gasteiger partial charge in [0.15, 0.2) is 5.82 Å². The van der Waals surface area contributed by atoms with Crippen LogP contribution in [0.25, 0.3) is 32.9 Å². The van der Waals surface area contributed by atoms with E-state index in [1.165, 1.54) is 4.90 Å². The normalized spacial score (nSPS) is 23.7. The third-order valence-corrected chi connectivity index (χ3v) is 11.2. The molecule has 6 heterocycles. The van der Waals surface area contributed by atoms with Crippen LogP contribution in [0.15, 0.2) is 30.3 Å². The number of nitrogens with zero attached hydrogens (tertiary/aromatic N) is 6. The fourth-order valence-corrected chi connectivity index (χ4v) is 8.91. The van der Waals surface area contributed by atoms with Crippen molar-refractivity contribution in [1.29, 1.82) is 0 Å². The minimum Gasteiger partial charge on any atom is -0.472 e. The van der Waals surface area contributed by atoms with Gasteiger partial charge < -0.3 is 23.8 Å². The maximum Gasteiger partial charge on any atom is 0.412 e. The fraction of sp³-hybridized carbons (Fsp3) is 0.512. The highest BCUT2D eigenvalue weighted by atomic mass is 19.3. The van der Waals surface area contributed by atoms with Gasteiger partial charge in [0.2, 0.25) is 5.88 Å². The standard InChI is InChI=1S/C43H48F3N7O6/c1-10-23-12-11-13-24-16-25(47-39(54)58-41(3,4)5)17-28(30(23)24)33-32(44)34-31-36(50-38(49-34)56-20-27-18-43(45,46)21-51(27)9)52-19-26-14-15-29(35(52)22(2)57-37(31)48-33)53(26)40(55)59-42(6,7)8/h1,11-13,16-17,22,26-27,29,35H,14-15,18-21H2,2-9H3,(H,47,54)/t22-,26+,27-,29-,35+/m0/s1. The summed E-state index contributed by atoms with van der Waals surface area (Å²) in [6.07, 6.45) is 5.14. The number of rotatable bonds is 5. The summed E-state index contributed by atoms with van der Waals surface area (Å²) in [6.45, 7) is 12.3. The number of carbonyl (C=O) groups excluding carboxylic acids is 2. The minimum atomic E-state index is -2.89. The summed E-state index contributed by atoms with van der Waals surface area (Å²) < 4.78 is 70.6. The number of hydrogen-bond donors (Lipinski definition) is 1. The number of anilines is 2. The van der Waals surface area contributed by atoms with Crippen LogP contribution in [0.2, 0.25) is 0 Å². The number of halogens is 3. The molecule has 312 valence electrons. The van der Waals surface area contributed by atoms with E-state index in [1.54, 1.807) is 63.1 Å². The molecule has 4 aliphatic heterocycles. The average Bonchev–Trinajstić information content (AvgIpc) is 3.55. The summed E-state index contributed by atoms with van der Waals surface area (Å²) in [5.74, 6) is -0.737. The van der Waals surface area contributed by atoms with Crippen molar-refractivity contribution >= 4 is 45.4 Å². The van der Waals surface area contributed by atoms with Gasteiger partial charge in [0.1, 0.15) is 46.3 Å². The molecular formula is C43H48F3N7O6. The topological polar surface area (TPSA) is 131 Å². The Morgan fingerprint density at radius 3 is 2.47 bits per heavy atom. The summed E-state index contributed by atoms with van der Waals surface area (Å²) in [4.78, 5) is 46.2. The number of likely N-dealkylation sites (N-methyl/N-ethyl adjacent to an activating group) is 1. The summed E-state index contributed by atoms with van der Waals surface area (Å²) in [6, 6.07) is 6.56. The van der Waals surface area contributed by atoms with Gasteiger partial charge in [-0.15, -0.1) is 6.42 Å². The third-order valence-electron chi connectivity index (χ3n) is 11.2. The van der Waals surface area contributed by atoms with E-state index in [2.05, 4.69) is 16.2 Å². The first-order valence-electron chi connectivity index (χ1n) is 19.8. The Bertz CT molecular complexity index is 2410. The van der Waals surface area contributed by atoms with Crippen LogP contribution in [0, 0.1) is 18.2 Å². The van der Waals surface area contributed by atoms with Crippen LogP contribution in [0.3, 0.4) is 0 Å². The van der Waals surface area contributed by atoms with Gasteiger partial charge in [0.25, 0.3) is 5.92 Å². The summed E-state index contributed by atoms with van der Waals surface area (Å²) in [7, 11) is 1.60. The van der Waals surface area contributed by atoms with E-state index in [-0.39, 0.29) is 64.2 Å². The zero-order valence-corrected chi connectivity index (χ0v) is 34.4. The van der Waals surface area contributed by atoms with E-state index in [1.807, 2.05) is 32.6 Å². The Labute approximate surface area is 340 Å². The number of amides is 2. The molecule has 4 aromatic rings. The number of benzene rings is 2. The van der Waals surface area contributed by atoms with Gasteiger partial charge in [-0.2, -0.15) is 9.97 Å². The van der Waals surface area contributed by atoms with E-state index in [4.69, 9.17) is 35.3 Å². The third kappa shape index (κ3) is 7.61. The number of fused-ring (bicyclic) bond motifs is 6. The number of alkyl halides is 2. The monoisotopic (exact) mass is 815 g/mol. The molecule has 3 fully saturated rings. The molecule has 2 aromatic heterocycles. The lowest BCUT2D eigenvalue weighted by Gasteiger charge is -2.48. The molecule has 4 aliphatic rings. The van der Waals surface area contributed by atoms with E-state index in [9.17, 15) is 18.4 Å². The second kappa shape index (κ2) is 14.3. The number of likely N-dealkylation sites (tertiary alicyclic amines) is 1. The first-order valence-corrected chi connectivity index (χ1v) is 19.8. The number of piperazine rings is 1.